The van der Waals surface area contributed by atoms with Crippen molar-refractivity contribution in [3.05, 3.63) is 53.6 Å². The van der Waals surface area contributed by atoms with Crippen molar-refractivity contribution < 1.29 is 9.59 Å². The van der Waals surface area contributed by atoms with Gasteiger partial charge in [-0.25, -0.2) is 0 Å². The van der Waals surface area contributed by atoms with Gasteiger partial charge in [-0.05, 0) is 30.4 Å². The van der Waals surface area contributed by atoms with Crippen molar-refractivity contribution >= 4 is 17.4 Å². The Kier molecular flexibility index (Phi) is 3.07. The third kappa shape index (κ3) is 2.05. The Labute approximate surface area is 129 Å². The molecular formula is C19H17NO2. The molecule has 1 saturated carbocycles. The summed E-state index contributed by atoms with van der Waals surface area (Å²) in [6.45, 7) is 0. The molecular weight excluding hydrogens is 274 g/mol. The highest BCUT2D eigenvalue weighted by molar-refractivity contribution is 6.24. The van der Waals surface area contributed by atoms with Crippen molar-refractivity contribution in [2.45, 2.75) is 25.7 Å². The maximum Gasteiger partial charge on any atom is 0.224 e. The molecule has 22 heavy (non-hydrogen) atoms. The molecule has 110 valence electrons. The molecule has 1 amide bonds. The van der Waals surface area contributed by atoms with Crippen LogP contribution in [0.1, 0.15) is 41.6 Å². The molecule has 0 spiro atoms. The predicted octanol–water partition coefficient (Wildman–Crippen LogP) is 4.03. The molecule has 2 aliphatic carbocycles. The fourth-order valence-electron chi connectivity index (χ4n) is 3.34. The van der Waals surface area contributed by atoms with E-state index >= 15 is 0 Å². The molecule has 2 aliphatic rings. The van der Waals surface area contributed by atoms with Crippen LogP contribution < -0.4 is 5.32 Å². The number of anilines is 1. The van der Waals surface area contributed by atoms with Crippen LogP contribution in [0.5, 0.6) is 0 Å². The number of hydrogen-bond donors (Lipinski definition) is 1. The lowest BCUT2D eigenvalue weighted by Gasteiger charge is -2.24. The molecule has 0 aliphatic heterocycles. The van der Waals surface area contributed by atoms with Crippen molar-refractivity contribution in [1.29, 1.82) is 0 Å². The van der Waals surface area contributed by atoms with E-state index in [1.54, 1.807) is 0 Å². The van der Waals surface area contributed by atoms with Gasteiger partial charge in [0.15, 0.2) is 5.78 Å². The van der Waals surface area contributed by atoms with E-state index in [4.69, 9.17) is 0 Å². The van der Waals surface area contributed by atoms with Crippen LogP contribution in [0.4, 0.5) is 5.69 Å². The minimum atomic E-state index is 0.0423. The second-order valence-electron chi connectivity index (χ2n) is 6.15. The van der Waals surface area contributed by atoms with Gasteiger partial charge < -0.3 is 5.32 Å². The highest BCUT2D eigenvalue weighted by Gasteiger charge is 2.29. The Morgan fingerprint density at radius 1 is 1.00 bits per heavy atom. The average Bonchev–Trinajstić information content (AvgIpc) is 2.78. The molecule has 0 heterocycles. The number of rotatable bonds is 3. The van der Waals surface area contributed by atoms with Crippen LogP contribution in [-0.2, 0) is 4.79 Å². The van der Waals surface area contributed by atoms with E-state index in [2.05, 4.69) is 5.32 Å². The SMILES string of the molecule is O=C(CC1CCC1)Nc1cccc2c1-c1ccccc1C2=O. The highest BCUT2D eigenvalue weighted by atomic mass is 16.1. The second-order valence-corrected chi connectivity index (χ2v) is 6.15. The van der Waals surface area contributed by atoms with Gasteiger partial charge in [0.05, 0.1) is 0 Å². The first-order chi connectivity index (χ1) is 10.7. The normalized spacial score (nSPS) is 15.9. The van der Waals surface area contributed by atoms with Gasteiger partial charge in [0.2, 0.25) is 5.91 Å². The second kappa shape index (κ2) is 5.09. The van der Waals surface area contributed by atoms with Crippen LogP contribution in [0, 0.1) is 5.92 Å². The Bertz CT molecular complexity index is 775. The van der Waals surface area contributed by atoms with Gasteiger partial charge in [0.25, 0.3) is 0 Å². The molecule has 0 atom stereocenters. The quantitative estimate of drug-likeness (QED) is 0.792. The zero-order valence-electron chi connectivity index (χ0n) is 12.3. The van der Waals surface area contributed by atoms with E-state index < -0.39 is 0 Å². The van der Waals surface area contributed by atoms with Crippen molar-refractivity contribution in [2.75, 3.05) is 5.32 Å². The largest absolute Gasteiger partial charge is 0.325 e. The summed E-state index contributed by atoms with van der Waals surface area (Å²) in [4.78, 5) is 24.7. The Morgan fingerprint density at radius 3 is 2.45 bits per heavy atom. The molecule has 1 N–H and O–H groups in total. The number of ketones is 1. The highest BCUT2D eigenvalue weighted by Crippen LogP contribution is 2.41. The van der Waals surface area contributed by atoms with Crippen LogP contribution >= 0.6 is 0 Å². The fourth-order valence-corrected chi connectivity index (χ4v) is 3.34. The summed E-state index contributed by atoms with van der Waals surface area (Å²) in [7, 11) is 0. The van der Waals surface area contributed by atoms with Crippen LogP contribution in [0.2, 0.25) is 0 Å². The van der Waals surface area contributed by atoms with E-state index in [9.17, 15) is 9.59 Å². The topological polar surface area (TPSA) is 46.2 Å². The average molecular weight is 291 g/mol. The molecule has 0 bridgehead atoms. The number of hydrogen-bond acceptors (Lipinski definition) is 2. The van der Waals surface area contributed by atoms with Crippen molar-refractivity contribution in [1.82, 2.24) is 0 Å². The van der Waals surface area contributed by atoms with Crippen molar-refractivity contribution in [3.8, 4) is 11.1 Å². The Balaban J connectivity index is 1.68. The summed E-state index contributed by atoms with van der Waals surface area (Å²) in [6.07, 6.45) is 4.13. The summed E-state index contributed by atoms with van der Waals surface area (Å²) in [5, 5.41) is 3.01. The molecule has 1 fully saturated rings. The summed E-state index contributed by atoms with van der Waals surface area (Å²) in [5.74, 6) is 0.626. The van der Waals surface area contributed by atoms with Crippen LogP contribution in [0.25, 0.3) is 11.1 Å². The molecule has 3 heteroatoms. The van der Waals surface area contributed by atoms with Gasteiger partial charge in [-0.3, -0.25) is 9.59 Å². The molecule has 0 saturated heterocycles. The first-order valence-electron chi connectivity index (χ1n) is 7.81. The summed E-state index contributed by atoms with van der Waals surface area (Å²) < 4.78 is 0. The van der Waals surface area contributed by atoms with Crippen molar-refractivity contribution in [3.63, 3.8) is 0 Å². The van der Waals surface area contributed by atoms with E-state index in [0.29, 0.717) is 17.9 Å². The monoisotopic (exact) mass is 291 g/mol. The Morgan fingerprint density at radius 2 is 1.73 bits per heavy atom. The fraction of sp³-hybridized carbons (Fsp3) is 0.263. The van der Waals surface area contributed by atoms with Gasteiger partial charge in [0.1, 0.15) is 0 Å². The third-order valence-corrected chi connectivity index (χ3v) is 4.72. The van der Waals surface area contributed by atoms with E-state index in [0.717, 1.165) is 35.2 Å². The smallest absolute Gasteiger partial charge is 0.224 e. The molecule has 0 unspecified atom stereocenters. The lowest BCUT2D eigenvalue weighted by molar-refractivity contribution is -0.117. The summed E-state index contributed by atoms with van der Waals surface area (Å²) in [6, 6.07) is 13.1. The number of carbonyl (C=O) groups is 2. The van der Waals surface area contributed by atoms with E-state index in [-0.39, 0.29) is 11.7 Å². The van der Waals surface area contributed by atoms with Gasteiger partial charge in [-0.1, -0.05) is 42.8 Å². The minimum absolute atomic E-state index is 0.0423. The lowest BCUT2D eigenvalue weighted by Crippen LogP contribution is -2.21. The summed E-state index contributed by atoms with van der Waals surface area (Å²) in [5.41, 5.74) is 3.94. The third-order valence-electron chi connectivity index (χ3n) is 4.72. The van der Waals surface area contributed by atoms with Gasteiger partial charge in [-0.2, -0.15) is 0 Å². The lowest BCUT2D eigenvalue weighted by atomic mass is 9.83. The number of amides is 1. The molecule has 2 aromatic rings. The van der Waals surface area contributed by atoms with Gasteiger partial charge in [-0.15, -0.1) is 0 Å². The zero-order chi connectivity index (χ0) is 15.1. The molecule has 4 rings (SSSR count). The van der Waals surface area contributed by atoms with Gasteiger partial charge in [0, 0.05) is 28.8 Å². The number of fused-ring (bicyclic) bond motifs is 3. The number of benzene rings is 2. The van der Waals surface area contributed by atoms with Crippen molar-refractivity contribution in [2.24, 2.45) is 5.92 Å². The van der Waals surface area contributed by atoms with E-state index in [1.165, 1.54) is 6.42 Å². The summed E-state index contributed by atoms with van der Waals surface area (Å²) >= 11 is 0. The first kappa shape index (κ1) is 13.3. The first-order valence-corrected chi connectivity index (χ1v) is 7.81. The minimum Gasteiger partial charge on any atom is -0.325 e. The van der Waals surface area contributed by atoms with Crippen LogP contribution in [0.3, 0.4) is 0 Å². The zero-order valence-corrected chi connectivity index (χ0v) is 12.3. The predicted molar refractivity (Wildman–Crippen MR) is 85.9 cm³/mol. The van der Waals surface area contributed by atoms with Crippen LogP contribution in [-0.4, -0.2) is 11.7 Å². The van der Waals surface area contributed by atoms with E-state index in [1.807, 2.05) is 42.5 Å². The molecule has 0 aromatic heterocycles. The molecule has 2 aromatic carbocycles. The number of nitrogens with one attached hydrogen (secondary N) is 1. The standard InChI is InChI=1S/C19H17NO2/c21-17(11-12-5-3-6-12)20-16-10-4-9-15-18(16)13-7-1-2-8-14(13)19(15)22/h1-2,4,7-10,12H,3,5-6,11H2,(H,20,21). The number of carbonyl (C=O) groups excluding carboxylic acids is 2. The molecule has 3 nitrogen and oxygen atoms in total. The maximum atomic E-state index is 12.4. The Hall–Kier alpha value is -2.42. The van der Waals surface area contributed by atoms with Gasteiger partial charge >= 0.3 is 0 Å². The maximum absolute atomic E-state index is 12.4. The van der Waals surface area contributed by atoms with Crippen LogP contribution in [0.15, 0.2) is 42.5 Å². The molecule has 0 radical (unpaired) electrons.